The van der Waals surface area contributed by atoms with E-state index in [-0.39, 0.29) is 4.90 Å². The number of benzene rings is 2. The SMILES string of the molecule is O=C(NO)C(O)CS(=O)(=O)c1ccc(Sc2ccccc2)cc1. The van der Waals surface area contributed by atoms with Crippen molar-refractivity contribution in [3.8, 4) is 0 Å². The standard InChI is InChI=1S/C15H15NO5S2/c17-14(15(18)16-19)10-23(20,21)13-8-6-12(7-9-13)22-11-4-2-1-3-5-11/h1-9,14,17,19H,10H2,(H,16,18). The third-order valence-corrected chi connectivity index (χ3v) is 5.71. The predicted octanol–water partition coefficient (Wildman–Crippen LogP) is 1.48. The molecular formula is C15H15NO5S2. The van der Waals surface area contributed by atoms with Crippen LogP contribution in [-0.4, -0.2) is 36.5 Å². The van der Waals surface area contributed by atoms with Crippen molar-refractivity contribution in [3.05, 3.63) is 54.6 Å². The summed E-state index contributed by atoms with van der Waals surface area (Å²) in [6.07, 6.45) is -1.83. The molecule has 23 heavy (non-hydrogen) atoms. The maximum absolute atomic E-state index is 12.1. The fraction of sp³-hybridized carbons (Fsp3) is 0.133. The van der Waals surface area contributed by atoms with Crippen LogP contribution in [0.5, 0.6) is 0 Å². The lowest BCUT2D eigenvalue weighted by molar-refractivity contribution is -0.136. The van der Waals surface area contributed by atoms with Gasteiger partial charge in [0.1, 0.15) is 6.10 Å². The lowest BCUT2D eigenvalue weighted by Crippen LogP contribution is -2.37. The van der Waals surface area contributed by atoms with Gasteiger partial charge in [0, 0.05) is 9.79 Å². The van der Waals surface area contributed by atoms with Crippen LogP contribution in [0.2, 0.25) is 0 Å². The Hall–Kier alpha value is -1.87. The minimum Gasteiger partial charge on any atom is -0.382 e. The van der Waals surface area contributed by atoms with Gasteiger partial charge in [-0.3, -0.25) is 10.0 Å². The van der Waals surface area contributed by atoms with E-state index >= 15 is 0 Å². The summed E-state index contributed by atoms with van der Waals surface area (Å²) in [5.41, 5.74) is 1.22. The fourth-order valence-corrected chi connectivity index (χ4v) is 3.94. The normalized spacial score (nSPS) is 12.6. The quantitative estimate of drug-likeness (QED) is 0.537. The van der Waals surface area contributed by atoms with Gasteiger partial charge in [0.2, 0.25) is 0 Å². The highest BCUT2D eigenvalue weighted by atomic mass is 32.2. The van der Waals surface area contributed by atoms with E-state index in [0.29, 0.717) is 0 Å². The van der Waals surface area contributed by atoms with Crippen LogP contribution in [-0.2, 0) is 14.6 Å². The summed E-state index contributed by atoms with van der Waals surface area (Å²) in [4.78, 5) is 12.9. The van der Waals surface area contributed by atoms with E-state index in [1.165, 1.54) is 29.4 Å². The molecule has 0 bridgehead atoms. The molecule has 0 aliphatic carbocycles. The van der Waals surface area contributed by atoms with E-state index in [4.69, 9.17) is 5.21 Å². The van der Waals surface area contributed by atoms with Crippen molar-refractivity contribution in [2.24, 2.45) is 0 Å². The Bertz CT molecular complexity index is 760. The van der Waals surface area contributed by atoms with Gasteiger partial charge in [0.05, 0.1) is 10.6 Å². The van der Waals surface area contributed by atoms with Crippen molar-refractivity contribution in [1.82, 2.24) is 5.48 Å². The molecule has 2 aromatic carbocycles. The number of nitrogens with one attached hydrogen (secondary N) is 1. The lowest BCUT2D eigenvalue weighted by Gasteiger charge is -2.10. The van der Waals surface area contributed by atoms with Gasteiger partial charge in [0.25, 0.3) is 5.91 Å². The van der Waals surface area contributed by atoms with Crippen molar-refractivity contribution < 1.29 is 23.5 Å². The van der Waals surface area contributed by atoms with Gasteiger partial charge in [-0.05, 0) is 36.4 Å². The minimum absolute atomic E-state index is 0.000276. The molecule has 0 aromatic heterocycles. The highest BCUT2D eigenvalue weighted by Crippen LogP contribution is 2.28. The summed E-state index contributed by atoms with van der Waals surface area (Å²) in [5.74, 6) is -1.96. The van der Waals surface area contributed by atoms with Gasteiger partial charge in [-0.2, -0.15) is 0 Å². The van der Waals surface area contributed by atoms with Gasteiger partial charge in [-0.15, -0.1) is 0 Å². The molecule has 8 heteroatoms. The van der Waals surface area contributed by atoms with E-state index < -0.39 is 27.6 Å². The van der Waals surface area contributed by atoms with Gasteiger partial charge in [-0.25, -0.2) is 13.9 Å². The predicted molar refractivity (Wildman–Crippen MR) is 85.0 cm³/mol. The van der Waals surface area contributed by atoms with Crippen molar-refractivity contribution in [3.63, 3.8) is 0 Å². The maximum Gasteiger partial charge on any atom is 0.273 e. The Morgan fingerprint density at radius 1 is 1.04 bits per heavy atom. The van der Waals surface area contributed by atoms with Crippen LogP contribution in [0.3, 0.4) is 0 Å². The van der Waals surface area contributed by atoms with Crippen molar-refractivity contribution in [1.29, 1.82) is 0 Å². The Labute approximate surface area is 138 Å². The van der Waals surface area contributed by atoms with Gasteiger partial charge < -0.3 is 5.11 Å². The largest absolute Gasteiger partial charge is 0.382 e. The summed E-state index contributed by atoms with van der Waals surface area (Å²) in [6, 6.07) is 15.8. The highest BCUT2D eigenvalue weighted by Gasteiger charge is 2.24. The zero-order valence-corrected chi connectivity index (χ0v) is 13.5. The molecule has 1 atom stereocenters. The molecule has 0 heterocycles. The summed E-state index contributed by atoms with van der Waals surface area (Å²) < 4.78 is 24.2. The molecule has 3 N–H and O–H groups in total. The summed E-state index contributed by atoms with van der Waals surface area (Å²) in [6.45, 7) is 0. The third-order valence-electron chi connectivity index (χ3n) is 2.95. The number of amides is 1. The Kier molecular flexibility index (Phi) is 5.78. The number of hydrogen-bond acceptors (Lipinski definition) is 6. The molecule has 0 spiro atoms. The topological polar surface area (TPSA) is 104 Å². The summed E-state index contributed by atoms with van der Waals surface area (Å²) in [5, 5.41) is 17.8. The molecule has 0 aliphatic heterocycles. The van der Waals surface area contributed by atoms with E-state index in [1.54, 1.807) is 12.1 Å². The van der Waals surface area contributed by atoms with Gasteiger partial charge in [-0.1, -0.05) is 30.0 Å². The van der Waals surface area contributed by atoms with Crippen LogP contribution in [0.4, 0.5) is 0 Å². The first-order valence-electron chi connectivity index (χ1n) is 6.60. The Morgan fingerprint density at radius 2 is 1.61 bits per heavy atom. The second-order valence-electron chi connectivity index (χ2n) is 4.66. The second-order valence-corrected chi connectivity index (χ2v) is 7.84. The first-order chi connectivity index (χ1) is 10.9. The van der Waals surface area contributed by atoms with Crippen LogP contribution in [0, 0.1) is 0 Å². The van der Waals surface area contributed by atoms with Crippen LogP contribution in [0.25, 0.3) is 0 Å². The fourth-order valence-electron chi connectivity index (χ4n) is 1.79. The number of carbonyl (C=O) groups is 1. The van der Waals surface area contributed by atoms with Gasteiger partial charge in [0.15, 0.2) is 9.84 Å². The number of aliphatic hydroxyl groups excluding tert-OH is 1. The van der Waals surface area contributed by atoms with Crippen LogP contribution >= 0.6 is 11.8 Å². The van der Waals surface area contributed by atoms with E-state index in [0.717, 1.165) is 9.79 Å². The first-order valence-corrected chi connectivity index (χ1v) is 9.07. The zero-order chi connectivity index (χ0) is 16.9. The van der Waals surface area contributed by atoms with Crippen molar-refractivity contribution >= 4 is 27.5 Å². The molecule has 0 radical (unpaired) electrons. The first kappa shape index (κ1) is 17.5. The number of hydroxylamine groups is 1. The van der Waals surface area contributed by atoms with Crippen molar-refractivity contribution in [2.75, 3.05) is 5.75 Å². The summed E-state index contributed by atoms with van der Waals surface area (Å²) in [7, 11) is -3.84. The average molecular weight is 353 g/mol. The Morgan fingerprint density at radius 3 is 2.17 bits per heavy atom. The molecule has 0 aliphatic rings. The number of aliphatic hydroxyl groups is 1. The molecule has 0 fully saturated rings. The molecule has 122 valence electrons. The molecule has 2 rings (SSSR count). The summed E-state index contributed by atoms with van der Waals surface area (Å²) >= 11 is 1.49. The smallest absolute Gasteiger partial charge is 0.273 e. The molecular weight excluding hydrogens is 338 g/mol. The molecule has 6 nitrogen and oxygen atoms in total. The third kappa shape index (κ3) is 4.80. The number of hydrogen-bond donors (Lipinski definition) is 3. The van der Waals surface area contributed by atoms with Crippen molar-refractivity contribution in [2.45, 2.75) is 20.8 Å². The van der Waals surface area contributed by atoms with E-state index in [9.17, 15) is 18.3 Å². The zero-order valence-electron chi connectivity index (χ0n) is 11.9. The van der Waals surface area contributed by atoms with Crippen LogP contribution in [0.15, 0.2) is 69.3 Å². The average Bonchev–Trinajstić information content (AvgIpc) is 2.55. The van der Waals surface area contributed by atoms with Gasteiger partial charge >= 0.3 is 0 Å². The maximum atomic E-state index is 12.1. The lowest BCUT2D eigenvalue weighted by atomic mass is 10.4. The molecule has 1 unspecified atom stereocenters. The van der Waals surface area contributed by atoms with E-state index in [2.05, 4.69) is 0 Å². The number of carbonyl (C=O) groups excluding carboxylic acids is 1. The Balaban J connectivity index is 2.10. The van der Waals surface area contributed by atoms with Crippen LogP contribution < -0.4 is 5.48 Å². The molecule has 1 amide bonds. The molecule has 0 saturated carbocycles. The molecule has 2 aromatic rings. The van der Waals surface area contributed by atoms with E-state index in [1.807, 2.05) is 30.3 Å². The number of rotatable bonds is 6. The highest BCUT2D eigenvalue weighted by molar-refractivity contribution is 7.99. The van der Waals surface area contributed by atoms with Crippen LogP contribution in [0.1, 0.15) is 0 Å². The molecule has 0 saturated heterocycles. The second kappa shape index (κ2) is 7.60. The number of sulfone groups is 1. The minimum atomic E-state index is -3.84. The monoisotopic (exact) mass is 353 g/mol.